The number of morpholine rings is 1. The van der Waals surface area contributed by atoms with Gasteiger partial charge in [0.05, 0.1) is 36.3 Å². The molecule has 2 aliphatic rings. The number of anilines is 4. The monoisotopic (exact) mass is 525 g/mol. The fraction of sp³-hybridized carbons (Fsp3) is 0.419. The average molecular weight is 526 g/mol. The standard InChI is InChI=1S/C31H39N7O/c1-22(2)36-11-13-37(14-12-36)26-7-5-24(6-8-26)25-19-28(31-29(20-25)35(4)23(3)33-31)34-30-10-9-27(21-32-30)38-15-17-39-18-16-38/h5-10,19-22H,11-18H2,1-4H3,(H,32,34). The van der Waals surface area contributed by atoms with E-state index in [0.29, 0.717) is 6.04 Å². The number of piperazine rings is 1. The van der Waals surface area contributed by atoms with Crippen LogP contribution >= 0.6 is 0 Å². The van der Waals surface area contributed by atoms with Gasteiger partial charge in [0.15, 0.2) is 0 Å². The van der Waals surface area contributed by atoms with Crippen LogP contribution in [0.4, 0.5) is 22.9 Å². The van der Waals surface area contributed by atoms with Gasteiger partial charge in [-0.05, 0) is 68.3 Å². The van der Waals surface area contributed by atoms with Gasteiger partial charge >= 0.3 is 0 Å². The smallest absolute Gasteiger partial charge is 0.130 e. The van der Waals surface area contributed by atoms with Gasteiger partial charge in [-0.2, -0.15) is 0 Å². The minimum Gasteiger partial charge on any atom is -0.378 e. The topological polar surface area (TPSA) is 61.7 Å². The zero-order valence-corrected chi connectivity index (χ0v) is 23.5. The predicted molar refractivity (Wildman–Crippen MR) is 160 cm³/mol. The van der Waals surface area contributed by atoms with Crippen molar-refractivity contribution >= 4 is 33.9 Å². The summed E-state index contributed by atoms with van der Waals surface area (Å²) in [5.41, 5.74) is 7.80. The number of imidazole rings is 1. The zero-order chi connectivity index (χ0) is 26.9. The molecule has 8 nitrogen and oxygen atoms in total. The first-order valence-electron chi connectivity index (χ1n) is 14.1. The Balaban J connectivity index is 1.25. The number of rotatable bonds is 6. The van der Waals surface area contributed by atoms with Gasteiger partial charge in [0.2, 0.25) is 0 Å². The molecule has 4 aromatic rings. The van der Waals surface area contributed by atoms with Gasteiger partial charge in [0.1, 0.15) is 17.2 Å². The second-order valence-corrected chi connectivity index (χ2v) is 10.9. The second-order valence-electron chi connectivity index (χ2n) is 10.9. The molecule has 0 radical (unpaired) electrons. The largest absolute Gasteiger partial charge is 0.378 e. The number of pyridine rings is 1. The van der Waals surface area contributed by atoms with Crippen LogP contribution in [0, 0.1) is 6.92 Å². The molecule has 2 aromatic heterocycles. The Bertz CT molecular complexity index is 1410. The number of ether oxygens (including phenoxy) is 1. The van der Waals surface area contributed by atoms with Crippen LogP contribution < -0.4 is 15.1 Å². The van der Waals surface area contributed by atoms with Gasteiger partial charge < -0.3 is 24.4 Å². The normalized spacial score (nSPS) is 16.8. The van der Waals surface area contributed by atoms with E-state index in [9.17, 15) is 0 Å². The molecular formula is C31H39N7O. The van der Waals surface area contributed by atoms with Crippen LogP contribution in [-0.2, 0) is 11.8 Å². The van der Waals surface area contributed by atoms with Gasteiger partial charge in [-0.25, -0.2) is 9.97 Å². The third kappa shape index (κ3) is 5.31. The van der Waals surface area contributed by atoms with Crippen molar-refractivity contribution < 1.29 is 4.74 Å². The lowest BCUT2D eigenvalue weighted by Gasteiger charge is -2.38. The third-order valence-electron chi connectivity index (χ3n) is 8.21. The molecule has 1 N–H and O–H groups in total. The van der Waals surface area contributed by atoms with Gasteiger partial charge in [-0.1, -0.05) is 12.1 Å². The van der Waals surface area contributed by atoms with E-state index in [1.54, 1.807) is 0 Å². The average Bonchev–Trinajstić information content (AvgIpc) is 3.27. The maximum Gasteiger partial charge on any atom is 0.130 e. The molecule has 8 heteroatoms. The fourth-order valence-electron chi connectivity index (χ4n) is 5.63. The van der Waals surface area contributed by atoms with Crippen molar-refractivity contribution in [1.82, 2.24) is 19.4 Å². The van der Waals surface area contributed by atoms with Crippen LogP contribution in [0.5, 0.6) is 0 Å². The Kier molecular flexibility index (Phi) is 7.14. The third-order valence-corrected chi connectivity index (χ3v) is 8.21. The predicted octanol–water partition coefficient (Wildman–Crippen LogP) is 5.05. The van der Waals surface area contributed by atoms with E-state index in [1.165, 1.54) is 11.3 Å². The first-order valence-corrected chi connectivity index (χ1v) is 14.1. The summed E-state index contributed by atoms with van der Waals surface area (Å²) in [7, 11) is 2.08. The number of nitrogens with one attached hydrogen (secondary N) is 1. The maximum atomic E-state index is 5.49. The minimum atomic E-state index is 0.612. The van der Waals surface area contributed by atoms with Crippen LogP contribution in [0.2, 0.25) is 0 Å². The molecule has 2 saturated heterocycles. The Morgan fingerprint density at radius 3 is 2.18 bits per heavy atom. The summed E-state index contributed by atoms with van der Waals surface area (Å²) in [5, 5.41) is 3.56. The van der Waals surface area contributed by atoms with Crippen LogP contribution in [0.1, 0.15) is 19.7 Å². The number of fused-ring (bicyclic) bond motifs is 1. The van der Waals surface area contributed by atoms with Crippen LogP contribution in [0.25, 0.3) is 22.2 Å². The Labute approximate surface area is 231 Å². The second kappa shape index (κ2) is 10.9. The summed E-state index contributed by atoms with van der Waals surface area (Å²) in [6, 6.07) is 18.2. The first-order chi connectivity index (χ1) is 19.0. The van der Waals surface area contributed by atoms with E-state index in [-0.39, 0.29) is 0 Å². The molecule has 0 atom stereocenters. The molecule has 0 unspecified atom stereocenters. The number of nitrogens with zero attached hydrogens (tertiary/aromatic N) is 6. The van der Waals surface area contributed by atoms with Crippen molar-refractivity contribution in [3.05, 3.63) is 60.6 Å². The highest BCUT2D eigenvalue weighted by Crippen LogP contribution is 2.34. The SMILES string of the molecule is Cc1nc2c(Nc3ccc(N4CCOCC4)cn3)cc(-c3ccc(N4CCN(C(C)C)CC4)cc3)cc2n1C. The Morgan fingerprint density at radius 1 is 0.821 bits per heavy atom. The van der Waals surface area contributed by atoms with E-state index in [2.05, 4.69) is 87.9 Å². The molecule has 204 valence electrons. The Hall–Kier alpha value is -3.62. The molecule has 6 rings (SSSR count). The lowest BCUT2D eigenvalue weighted by molar-refractivity contribution is 0.122. The zero-order valence-electron chi connectivity index (χ0n) is 23.5. The lowest BCUT2D eigenvalue weighted by atomic mass is 10.0. The van der Waals surface area contributed by atoms with Crippen LogP contribution in [-0.4, -0.2) is 78.0 Å². The van der Waals surface area contributed by atoms with Gasteiger partial charge in [-0.3, -0.25) is 4.90 Å². The van der Waals surface area contributed by atoms with E-state index in [1.807, 2.05) is 19.2 Å². The van der Waals surface area contributed by atoms with Crippen molar-refractivity contribution in [2.45, 2.75) is 26.8 Å². The molecule has 2 fully saturated rings. The molecule has 39 heavy (non-hydrogen) atoms. The summed E-state index contributed by atoms with van der Waals surface area (Å²) in [6.45, 7) is 14.3. The molecular weight excluding hydrogens is 486 g/mol. The van der Waals surface area contributed by atoms with Gasteiger partial charge in [0.25, 0.3) is 0 Å². The quantitative estimate of drug-likeness (QED) is 0.378. The van der Waals surface area contributed by atoms with Crippen molar-refractivity contribution in [3.8, 4) is 11.1 Å². The number of hydrogen-bond acceptors (Lipinski definition) is 7. The highest BCUT2D eigenvalue weighted by Gasteiger charge is 2.19. The van der Waals surface area contributed by atoms with Crippen molar-refractivity contribution in [1.29, 1.82) is 0 Å². The Morgan fingerprint density at radius 2 is 1.51 bits per heavy atom. The molecule has 2 aliphatic heterocycles. The molecule has 0 aliphatic carbocycles. The molecule has 0 spiro atoms. The fourth-order valence-corrected chi connectivity index (χ4v) is 5.63. The molecule has 0 saturated carbocycles. The highest BCUT2D eigenvalue weighted by atomic mass is 16.5. The summed E-state index contributed by atoms with van der Waals surface area (Å²) in [4.78, 5) is 17.0. The van der Waals surface area contributed by atoms with Gasteiger partial charge in [-0.15, -0.1) is 0 Å². The van der Waals surface area contributed by atoms with E-state index in [4.69, 9.17) is 14.7 Å². The van der Waals surface area contributed by atoms with Crippen molar-refractivity contribution in [2.24, 2.45) is 7.05 Å². The molecule has 4 heterocycles. The van der Waals surface area contributed by atoms with E-state index >= 15 is 0 Å². The van der Waals surface area contributed by atoms with E-state index < -0.39 is 0 Å². The van der Waals surface area contributed by atoms with Gasteiger partial charge in [0, 0.05) is 58.0 Å². The maximum absolute atomic E-state index is 5.49. The van der Waals surface area contributed by atoms with Crippen LogP contribution in [0.3, 0.4) is 0 Å². The summed E-state index contributed by atoms with van der Waals surface area (Å²) >= 11 is 0. The van der Waals surface area contributed by atoms with E-state index in [0.717, 1.165) is 92.1 Å². The summed E-state index contributed by atoms with van der Waals surface area (Å²) in [5.74, 6) is 1.79. The number of aromatic nitrogens is 3. The summed E-state index contributed by atoms with van der Waals surface area (Å²) in [6.07, 6.45) is 1.94. The first kappa shape index (κ1) is 25.6. The van der Waals surface area contributed by atoms with Crippen LogP contribution in [0.15, 0.2) is 54.7 Å². The molecule has 0 amide bonds. The highest BCUT2D eigenvalue weighted by molar-refractivity contribution is 5.95. The number of benzene rings is 2. The number of aryl methyl sites for hydroxylation is 2. The molecule has 2 aromatic carbocycles. The van der Waals surface area contributed by atoms with Crippen molar-refractivity contribution in [2.75, 3.05) is 67.6 Å². The number of hydrogen-bond donors (Lipinski definition) is 1. The van der Waals surface area contributed by atoms with Crippen molar-refractivity contribution in [3.63, 3.8) is 0 Å². The summed E-state index contributed by atoms with van der Waals surface area (Å²) < 4.78 is 7.64. The minimum absolute atomic E-state index is 0.612. The lowest BCUT2D eigenvalue weighted by Crippen LogP contribution is -2.48. The molecule has 0 bridgehead atoms.